The Morgan fingerprint density at radius 2 is 1.91 bits per heavy atom. The quantitative estimate of drug-likeness (QED) is 0.298. The molecule has 4 aliphatic carbocycles. The van der Waals surface area contributed by atoms with Crippen molar-refractivity contribution < 1.29 is 9.53 Å². The second-order valence-corrected chi connectivity index (χ2v) is 12.5. The van der Waals surface area contributed by atoms with Gasteiger partial charge in [-0.3, -0.25) is 4.79 Å². The summed E-state index contributed by atoms with van der Waals surface area (Å²) in [5.41, 5.74) is 7.57. The summed E-state index contributed by atoms with van der Waals surface area (Å²) in [6, 6.07) is 0. The first-order chi connectivity index (χ1) is 15.6. The summed E-state index contributed by atoms with van der Waals surface area (Å²) < 4.78 is 5.64. The minimum absolute atomic E-state index is 0.112. The van der Waals surface area contributed by atoms with Crippen LogP contribution in [-0.2, 0) is 9.53 Å². The Kier molecular flexibility index (Phi) is 7.05. The van der Waals surface area contributed by atoms with Gasteiger partial charge in [0.2, 0.25) is 0 Å². The van der Waals surface area contributed by atoms with Gasteiger partial charge in [-0.15, -0.1) is 0 Å². The predicted molar refractivity (Wildman–Crippen MR) is 138 cm³/mol. The molecule has 0 aromatic rings. The van der Waals surface area contributed by atoms with E-state index < -0.39 is 0 Å². The van der Waals surface area contributed by atoms with Crippen molar-refractivity contribution in [3.05, 3.63) is 34.4 Å². The monoisotopic (exact) mass is 452 g/mol. The van der Waals surface area contributed by atoms with Crippen molar-refractivity contribution in [2.45, 2.75) is 119 Å². The molecule has 4 aliphatic rings. The van der Waals surface area contributed by atoms with Gasteiger partial charge in [0.15, 0.2) is 0 Å². The Morgan fingerprint density at radius 3 is 2.58 bits per heavy atom. The molecule has 0 bridgehead atoms. The lowest BCUT2D eigenvalue weighted by Gasteiger charge is -2.54. The van der Waals surface area contributed by atoms with Gasteiger partial charge in [-0.2, -0.15) is 0 Å². The van der Waals surface area contributed by atoms with Gasteiger partial charge in [-0.25, -0.2) is 0 Å². The van der Waals surface area contributed by atoms with Gasteiger partial charge < -0.3 is 4.74 Å². The molecule has 0 amide bonds. The molecule has 0 aliphatic heterocycles. The molecular weight excluding hydrogens is 404 g/mol. The summed E-state index contributed by atoms with van der Waals surface area (Å²) in [6.07, 6.45) is 17.4. The number of hydrogen-bond donors (Lipinski definition) is 0. The number of ether oxygens (including phenoxy) is 1. The molecule has 1 fully saturated rings. The van der Waals surface area contributed by atoms with Crippen LogP contribution in [0.4, 0.5) is 0 Å². The van der Waals surface area contributed by atoms with Crippen LogP contribution in [0.15, 0.2) is 34.4 Å². The first kappa shape index (κ1) is 24.8. The molecular formula is C31H48O2. The second-order valence-electron chi connectivity index (χ2n) is 12.5. The Hall–Kier alpha value is -1.31. The van der Waals surface area contributed by atoms with E-state index in [1.807, 2.05) is 0 Å². The maximum Gasteiger partial charge on any atom is 0.302 e. The van der Waals surface area contributed by atoms with Crippen LogP contribution < -0.4 is 0 Å². The van der Waals surface area contributed by atoms with Crippen LogP contribution in [0.3, 0.4) is 0 Å². The molecule has 2 heteroatoms. The molecule has 184 valence electrons. The molecule has 0 aromatic carbocycles. The summed E-state index contributed by atoms with van der Waals surface area (Å²) in [5, 5.41) is 0. The lowest BCUT2D eigenvalue weighted by atomic mass is 9.51. The van der Waals surface area contributed by atoms with E-state index >= 15 is 0 Å². The van der Waals surface area contributed by atoms with Gasteiger partial charge in [-0.1, -0.05) is 57.9 Å². The minimum Gasteiger partial charge on any atom is -0.463 e. The molecule has 4 rings (SSSR count). The molecule has 0 aromatic heterocycles. The van der Waals surface area contributed by atoms with E-state index in [1.54, 1.807) is 29.2 Å². The van der Waals surface area contributed by atoms with Crippen LogP contribution in [0.25, 0.3) is 0 Å². The molecule has 0 radical (unpaired) electrons. The largest absolute Gasteiger partial charge is 0.463 e. The molecule has 0 unspecified atom stereocenters. The zero-order chi connectivity index (χ0) is 24.0. The van der Waals surface area contributed by atoms with Crippen molar-refractivity contribution in [3.8, 4) is 0 Å². The van der Waals surface area contributed by atoms with Crippen molar-refractivity contribution in [1.82, 2.24) is 0 Å². The Balaban J connectivity index is 1.50. The van der Waals surface area contributed by atoms with Crippen molar-refractivity contribution >= 4 is 5.97 Å². The van der Waals surface area contributed by atoms with E-state index in [0.717, 1.165) is 24.7 Å². The van der Waals surface area contributed by atoms with Gasteiger partial charge >= 0.3 is 5.97 Å². The van der Waals surface area contributed by atoms with Gasteiger partial charge in [0.1, 0.15) is 6.10 Å². The zero-order valence-corrected chi connectivity index (χ0v) is 22.4. The highest BCUT2D eigenvalue weighted by molar-refractivity contribution is 5.66. The summed E-state index contributed by atoms with van der Waals surface area (Å²) in [5.74, 6) is 2.79. The average Bonchev–Trinajstić information content (AvgIpc) is 3.11. The van der Waals surface area contributed by atoms with Crippen LogP contribution in [0.1, 0.15) is 113 Å². The lowest BCUT2D eigenvalue weighted by Crippen LogP contribution is -2.44. The van der Waals surface area contributed by atoms with Crippen molar-refractivity contribution in [1.29, 1.82) is 0 Å². The molecule has 0 spiro atoms. The SMILES string of the molecule is C/C=C(/CC[C@@H](C)[C@@H]1CC=C2C3=C(CC[C@]21C)[C@@]1(C)CC[C@@H](OC(C)=O)C[C@@H]1CC3)C(C)C. The predicted octanol–water partition coefficient (Wildman–Crippen LogP) is 8.58. The summed E-state index contributed by atoms with van der Waals surface area (Å²) in [7, 11) is 0. The van der Waals surface area contributed by atoms with E-state index in [9.17, 15) is 4.79 Å². The van der Waals surface area contributed by atoms with Crippen LogP contribution in [0, 0.1) is 34.5 Å². The third-order valence-corrected chi connectivity index (χ3v) is 10.5. The smallest absolute Gasteiger partial charge is 0.302 e. The molecule has 6 atom stereocenters. The fourth-order valence-electron chi connectivity index (χ4n) is 8.42. The molecule has 0 N–H and O–H groups in total. The maximum absolute atomic E-state index is 11.5. The zero-order valence-electron chi connectivity index (χ0n) is 22.4. The minimum atomic E-state index is -0.112. The first-order valence-electron chi connectivity index (χ1n) is 13.9. The second kappa shape index (κ2) is 9.38. The van der Waals surface area contributed by atoms with E-state index in [-0.39, 0.29) is 12.1 Å². The molecule has 0 saturated heterocycles. The van der Waals surface area contributed by atoms with Gasteiger partial charge in [0.25, 0.3) is 0 Å². The van der Waals surface area contributed by atoms with Crippen LogP contribution in [0.2, 0.25) is 0 Å². The Labute approximate surface area is 203 Å². The number of carbonyl (C=O) groups excluding carboxylic acids is 1. The fourth-order valence-corrected chi connectivity index (χ4v) is 8.42. The number of carbonyl (C=O) groups is 1. The standard InChI is InChI=1S/C31H48O2/c1-8-23(20(2)3)10-9-21(4)27-13-14-28-26-12-11-24-19-25(33-22(5)32)15-17-30(24,6)29(26)16-18-31(27,28)7/h8,14,20-21,24-25,27H,9-13,15-19H2,1-7H3/b23-8-/t21-,24+,25-,27+,30+,31+/m1/s1. The highest BCUT2D eigenvalue weighted by atomic mass is 16.5. The molecule has 1 saturated carbocycles. The van der Waals surface area contributed by atoms with Gasteiger partial charge in [0.05, 0.1) is 0 Å². The highest BCUT2D eigenvalue weighted by Crippen LogP contribution is 2.64. The third kappa shape index (κ3) is 4.41. The molecule has 33 heavy (non-hydrogen) atoms. The van der Waals surface area contributed by atoms with Crippen LogP contribution in [0.5, 0.6) is 0 Å². The number of hydrogen-bond acceptors (Lipinski definition) is 2. The number of allylic oxidation sites excluding steroid dienone is 6. The van der Waals surface area contributed by atoms with Crippen molar-refractivity contribution in [2.75, 3.05) is 0 Å². The van der Waals surface area contributed by atoms with Gasteiger partial charge in [-0.05, 0) is 117 Å². The topological polar surface area (TPSA) is 26.3 Å². The number of rotatable bonds is 6. The number of esters is 1. The first-order valence-corrected chi connectivity index (χ1v) is 13.9. The van der Waals surface area contributed by atoms with Crippen LogP contribution in [-0.4, -0.2) is 12.1 Å². The average molecular weight is 453 g/mol. The fraction of sp³-hybridized carbons (Fsp3) is 0.774. The van der Waals surface area contributed by atoms with E-state index in [4.69, 9.17) is 4.74 Å². The van der Waals surface area contributed by atoms with E-state index in [2.05, 4.69) is 53.7 Å². The van der Waals surface area contributed by atoms with E-state index in [0.29, 0.717) is 22.7 Å². The number of fused-ring (bicyclic) bond motifs is 4. The summed E-state index contributed by atoms with van der Waals surface area (Å²) >= 11 is 0. The maximum atomic E-state index is 11.5. The van der Waals surface area contributed by atoms with Gasteiger partial charge in [0, 0.05) is 6.92 Å². The van der Waals surface area contributed by atoms with Crippen molar-refractivity contribution in [2.24, 2.45) is 34.5 Å². The Morgan fingerprint density at radius 1 is 1.15 bits per heavy atom. The third-order valence-electron chi connectivity index (χ3n) is 10.5. The Bertz CT molecular complexity index is 858. The molecule has 0 heterocycles. The highest BCUT2D eigenvalue weighted by Gasteiger charge is 2.53. The molecule has 2 nitrogen and oxygen atoms in total. The lowest BCUT2D eigenvalue weighted by molar-refractivity contribution is -0.150. The summed E-state index contributed by atoms with van der Waals surface area (Å²) in [6.45, 7) is 16.1. The van der Waals surface area contributed by atoms with E-state index in [1.165, 1.54) is 51.4 Å². The summed E-state index contributed by atoms with van der Waals surface area (Å²) in [4.78, 5) is 11.5. The van der Waals surface area contributed by atoms with Crippen LogP contribution >= 0.6 is 0 Å². The van der Waals surface area contributed by atoms with Crippen molar-refractivity contribution in [3.63, 3.8) is 0 Å². The normalized spacial score (nSPS) is 37.3.